The van der Waals surface area contributed by atoms with Crippen LogP contribution in [-0.4, -0.2) is 58.0 Å². The van der Waals surface area contributed by atoms with Gasteiger partial charge in [-0.2, -0.15) is 0 Å². The van der Waals surface area contributed by atoms with Crippen molar-refractivity contribution in [1.29, 1.82) is 0 Å². The van der Waals surface area contributed by atoms with Crippen LogP contribution in [0.15, 0.2) is 24.3 Å². The summed E-state index contributed by atoms with van der Waals surface area (Å²) < 4.78 is 5.31. The number of nitrogens with zero attached hydrogens (tertiary/aromatic N) is 3. The van der Waals surface area contributed by atoms with Gasteiger partial charge >= 0.3 is 6.09 Å². The molecule has 1 heterocycles. The summed E-state index contributed by atoms with van der Waals surface area (Å²) in [5, 5.41) is 5.98. The molecule has 0 radical (unpaired) electrons. The van der Waals surface area contributed by atoms with Gasteiger partial charge in [0.1, 0.15) is 11.6 Å². The summed E-state index contributed by atoms with van der Waals surface area (Å²) in [5.41, 5.74) is 8.08. The number of amides is 3. The lowest BCUT2D eigenvalue weighted by Gasteiger charge is -2.28. The smallest absolute Gasteiger partial charge is 0.410 e. The molecule has 3 amide bonds. The molecule has 10 heteroatoms. The maximum absolute atomic E-state index is 12.5. The van der Waals surface area contributed by atoms with Crippen molar-refractivity contribution in [1.82, 2.24) is 20.2 Å². The van der Waals surface area contributed by atoms with Crippen molar-refractivity contribution < 1.29 is 19.1 Å². The van der Waals surface area contributed by atoms with Crippen LogP contribution in [0.1, 0.15) is 62.1 Å². The molecule has 1 aromatic carbocycles. The van der Waals surface area contributed by atoms with Gasteiger partial charge in [0.15, 0.2) is 11.5 Å². The normalized spacial score (nSPS) is 12.0. The van der Waals surface area contributed by atoms with Crippen LogP contribution in [0.2, 0.25) is 0 Å². The molecule has 0 aliphatic carbocycles. The highest BCUT2D eigenvalue weighted by Crippen LogP contribution is 2.21. The minimum Gasteiger partial charge on any atom is -0.444 e. The molecular weight excluding hydrogens is 448 g/mol. The van der Waals surface area contributed by atoms with Gasteiger partial charge in [0.25, 0.3) is 5.91 Å². The zero-order valence-corrected chi connectivity index (χ0v) is 21.6. The molecule has 190 valence electrons. The average Bonchev–Trinajstić information content (AvgIpc) is 2.77. The van der Waals surface area contributed by atoms with Crippen LogP contribution in [0.5, 0.6) is 0 Å². The maximum atomic E-state index is 12.5. The number of carbonyl (C=O) groups is 3. The number of anilines is 2. The fourth-order valence-corrected chi connectivity index (χ4v) is 3.23. The SMILES string of the molecule is CCc1nc(C(N)=O)c(Nc2cccc(CCNC(=O)[C@@H](C)N(C)C(=O)OC(C)(C)C)c2)nc1C. The van der Waals surface area contributed by atoms with Crippen LogP contribution in [0.4, 0.5) is 16.3 Å². The molecule has 0 saturated carbocycles. The highest BCUT2D eigenvalue weighted by Gasteiger charge is 2.26. The number of nitrogens with two attached hydrogens (primary N) is 1. The first-order valence-corrected chi connectivity index (χ1v) is 11.6. The summed E-state index contributed by atoms with van der Waals surface area (Å²) in [4.78, 5) is 46.7. The fourth-order valence-electron chi connectivity index (χ4n) is 3.23. The standard InChI is InChI=1S/C25H36N6O4/c1-8-19-15(2)28-22(20(30-19)21(26)32)29-18-11-9-10-17(14-18)12-13-27-23(33)16(3)31(7)24(34)35-25(4,5)6/h9-11,14,16H,8,12-13H2,1-7H3,(H2,26,32)(H,27,33)(H,28,29)/t16-/m1/s1. The van der Waals surface area contributed by atoms with E-state index >= 15 is 0 Å². The molecule has 1 aromatic heterocycles. The third-order valence-electron chi connectivity index (χ3n) is 5.28. The van der Waals surface area contributed by atoms with Crippen molar-refractivity contribution in [2.24, 2.45) is 5.73 Å². The molecule has 0 aliphatic heterocycles. The zero-order chi connectivity index (χ0) is 26.3. The molecule has 10 nitrogen and oxygen atoms in total. The van der Waals surface area contributed by atoms with Gasteiger partial charge in [-0.05, 0) is 65.2 Å². The Morgan fingerprint density at radius 1 is 1.20 bits per heavy atom. The van der Waals surface area contributed by atoms with E-state index in [1.54, 1.807) is 27.7 Å². The zero-order valence-electron chi connectivity index (χ0n) is 21.6. The fraction of sp³-hybridized carbons (Fsp3) is 0.480. The van der Waals surface area contributed by atoms with Crippen molar-refractivity contribution in [2.75, 3.05) is 18.9 Å². The average molecular weight is 485 g/mol. The van der Waals surface area contributed by atoms with E-state index in [2.05, 4.69) is 20.6 Å². The van der Waals surface area contributed by atoms with Gasteiger partial charge in [-0.3, -0.25) is 14.5 Å². The van der Waals surface area contributed by atoms with E-state index in [1.807, 2.05) is 38.1 Å². The van der Waals surface area contributed by atoms with E-state index in [0.29, 0.717) is 30.9 Å². The number of hydrogen-bond donors (Lipinski definition) is 3. The van der Waals surface area contributed by atoms with Crippen LogP contribution >= 0.6 is 0 Å². The van der Waals surface area contributed by atoms with Crippen molar-refractivity contribution in [3.05, 3.63) is 46.9 Å². The first-order chi connectivity index (χ1) is 16.3. The van der Waals surface area contributed by atoms with Crippen LogP contribution < -0.4 is 16.4 Å². The molecule has 0 spiro atoms. The molecular formula is C25H36N6O4. The van der Waals surface area contributed by atoms with Crippen molar-refractivity contribution in [2.45, 2.75) is 66.0 Å². The monoisotopic (exact) mass is 484 g/mol. The van der Waals surface area contributed by atoms with Gasteiger partial charge in [0.2, 0.25) is 5.91 Å². The molecule has 0 fully saturated rings. The number of nitrogens with one attached hydrogen (secondary N) is 2. The van der Waals surface area contributed by atoms with E-state index in [0.717, 1.165) is 17.0 Å². The Hall–Kier alpha value is -3.69. The summed E-state index contributed by atoms with van der Waals surface area (Å²) >= 11 is 0. The molecule has 4 N–H and O–H groups in total. The van der Waals surface area contributed by atoms with Gasteiger partial charge < -0.3 is 21.1 Å². The van der Waals surface area contributed by atoms with Crippen LogP contribution in [0.3, 0.4) is 0 Å². The minimum absolute atomic E-state index is 0.0909. The second kappa shape index (κ2) is 11.6. The summed E-state index contributed by atoms with van der Waals surface area (Å²) in [6, 6.07) is 6.86. The van der Waals surface area contributed by atoms with Gasteiger partial charge in [-0.25, -0.2) is 14.8 Å². The lowest BCUT2D eigenvalue weighted by atomic mass is 10.1. The second-order valence-electron chi connectivity index (χ2n) is 9.30. The van der Waals surface area contributed by atoms with Crippen LogP contribution in [0, 0.1) is 6.92 Å². The van der Waals surface area contributed by atoms with Crippen LogP contribution in [-0.2, 0) is 22.4 Å². The van der Waals surface area contributed by atoms with Gasteiger partial charge in [-0.1, -0.05) is 19.1 Å². The van der Waals surface area contributed by atoms with Gasteiger partial charge in [-0.15, -0.1) is 0 Å². The Bertz CT molecular complexity index is 1080. The van der Waals surface area contributed by atoms with E-state index in [9.17, 15) is 14.4 Å². The van der Waals surface area contributed by atoms with Crippen molar-refractivity contribution in [3.8, 4) is 0 Å². The van der Waals surface area contributed by atoms with Crippen molar-refractivity contribution >= 4 is 29.4 Å². The van der Waals surface area contributed by atoms with E-state index < -0.39 is 23.6 Å². The summed E-state index contributed by atoms with van der Waals surface area (Å²) in [6.07, 6.45) is 0.651. The van der Waals surface area contributed by atoms with E-state index in [4.69, 9.17) is 10.5 Å². The van der Waals surface area contributed by atoms with Crippen LogP contribution in [0.25, 0.3) is 0 Å². The molecule has 1 atom stereocenters. The maximum Gasteiger partial charge on any atom is 0.410 e. The third kappa shape index (κ3) is 7.94. The lowest BCUT2D eigenvalue weighted by Crippen LogP contribution is -2.47. The summed E-state index contributed by atoms with van der Waals surface area (Å²) in [6.45, 7) is 11.1. The van der Waals surface area contributed by atoms with Gasteiger partial charge in [0, 0.05) is 19.3 Å². The molecule has 2 aromatic rings. The summed E-state index contributed by atoms with van der Waals surface area (Å²) in [7, 11) is 1.53. The molecule has 35 heavy (non-hydrogen) atoms. The predicted molar refractivity (Wildman–Crippen MR) is 135 cm³/mol. The first kappa shape index (κ1) is 27.6. The largest absolute Gasteiger partial charge is 0.444 e. The van der Waals surface area contributed by atoms with E-state index in [-0.39, 0.29) is 11.6 Å². The summed E-state index contributed by atoms with van der Waals surface area (Å²) in [5.74, 6) is -0.629. The Labute approximate surface area is 206 Å². The Kier molecular flexibility index (Phi) is 9.16. The highest BCUT2D eigenvalue weighted by atomic mass is 16.6. The first-order valence-electron chi connectivity index (χ1n) is 11.6. The Morgan fingerprint density at radius 2 is 1.89 bits per heavy atom. The molecule has 0 aliphatic rings. The Morgan fingerprint density at radius 3 is 2.49 bits per heavy atom. The molecule has 0 bridgehead atoms. The molecule has 0 saturated heterocycles. The Balaban J connectivity index is 2.00. The third-order valence-corrected chi connectivity index (χ3v) is 5.28. The minimum atomic E-state index is -0.682. The number of benzene rings is 1. The number of aromatic nitrogens is 2. The number of carbonyl (C=O) groups excluding carboxylic acids is 3. The number of aryl methyl sites for hydroxylation is 2. The van der Waals surface area contributed by atoms with Crippen molar-refractivity contribution in [3.63, 3.8) is 0 Å². The number of hydrogen-bond acceptors (Lipinski definition) is 7. The number of ether oxygens (including phenoxy) is 1. The molecule has 0 unspecified atom stereocenters. The predicted octanol–water partition coefficient (Wildman–Crippen LogP) is 3.10. The quantitative estimate of drug-likeness (QED) is 0.497. The number of primary amides is 1. The lowest BCUT2D eigenvalue weighted by molar-refractivity contribution is -0.125. The number of likely N-dealkylation sites (N-methyl/N-ethyl adjacent to an activating group) is 1. The highest BCUT2D eigenvalue weighted by molar-refractivity contribution is 5.96. The second-order valence-corrected chi connectivity index (χ2v) is 9.30. The molecule has 2 rings (SSSR count). The number of rotatable bonds is 9. The van der Waals surface area contributed by atoms with Gasteiger partial charge in [0.05, 0.1) is 11.4 Å². The van der Waals surface area contributed by atoms with E-state index in [1.165, 1.54) is 11.9 Å². The topological polar surface area (TPSA) is 140 Å².